The van der Waals surface area contributed by atoms with E-state index >= 15 is 0 Å². The van der Waals surface area contributed by atoms with Crippen LogP contribution in [0.15, 0.2) is 39.1 Å². The Kier molecular flexibility index (Phi) is 3.33. The van der Waals surface area contributed by atoms with Gasteiger partial charge in [-0.15, -0.1) is 12.6 Å². The van der Waals surface area contributed by atoms with E-state index in [0.29, 0.717) is 5.96 Å². The first-order valence-electron chi connectivity index (χ1n) is 6.89. The van der Waals surface area contributed by atoms with Gasteiger partial charge in [0, 0.05) is 10.6 Å². The summed E-state index contributed by atoms with van der Waals surface area (Å²) in [4.78, 5) is 11.7. The number of aliphatic imine (C=N–C) groups is 2. The highest BCUT2D eigenvalue weighted by Gasteiger charge is 2.42. The summed E-state index contributed by atoms with van der Waals surface area (Å²) in [5.41, 5.74) is 12.6. The van der Waals surface area contributed by atoms with Crippen molar-refractivity contribution in [3.05, 3.63) is 24.3 Å². The van der Waals surface area contributed by atoms with Gasteiger partial charge in [0.1, 0.15) is 5.66 Å². The summed E-state index contributed by atoms with van der Waals surface area (Å²) < 4.78 is 0. The number of anilines is 1. The molecule has 1 aromatic carbocycles. The molecule has 1 saturated carbocycles. The molecule has 3 rings (SSSR count). The Morgan fingerprint density at radius 3 is 2.60 bits per heavy atom. The van der Waals surface area contributed by atoms with E-state index in [0.717, 1.165) is 36.3 Å². The van der Waals surface area contributed by atoms with Crippen LogP contribution in [0.1, 0.15) is 32.1 Å². The lowest BCUT2D eigenvalue weighted by atomic mass is 9.87. The van der Waals surface area contributed by atoms with E-state index in [1.807, 2.05) is 29.2 Å². The van der Waals surface area contributed by atoms with Crippen LogP contribution >= 0.6 is 12.6 Å². The molecule has 6 heteroatoms. The van der Waals surface area contributed by atoms with Crippen LogP contribution < -0.4 is 16.4 Å². The van der Waals surface area contributed by atoms with Gasteiger partial charge in [0.05, 0.1) is 0 Å². The molecule has 20 heavy (non-hydrogen) atoms. The molecule has 1 aliphatic heterocycles. The van der Waals surface area contributed by atoms with Crippen molar-refractivity contribution in [1.29, 1.82) is 0 Å². The predicted octanol–water partition coefficient (Wildman–Crippen LogP) is 2.09. The number of thiol groups is 1. The van der Waals surface area contributed by atoms with Gasteiger partial charge >= 0.3 is 0 Å². The smallest absolute Gasteiger partial charge is 0.220 e. The summed E-state index contributed by atoms with van der Waals surface area (Å²) in [7, 11) is 0. The number of nitrogens with zero attached hydrogens (tertiary/aromatic N) is 3. The highest BCUT2D eigenvalue weighted by atomic mass is 32.1. The SMILES string of the molecule is NC1=NC2(CCCCC2)N(c2cccc(S)c2)C(N)=N1. The molecule has 106 valence electrons. The summed E-state index contributed by atoms with van der Waals surface area (Å²) in [6.07, 6.45) is 5.37. The third-order valence-electron chi connectivity index (χ3n) is 3.94. The molecule has 2 aliphatic rings. The minimum Gasteiger partial charge on any atom is -0.369 e. The fraction of sp³-hybridized carbons (Fsp3) is 0.429. The van der Waals surface area contributed by atoms with E-state index in [1.165, 1.54) is 6.42 Å². The molecule has 1 aliphatic carbocycles. The summed E-state index contributed by atoms with van der Waals surface area (Å²) >= 11 is 4.41. The standard InChI is InChI=1S/C14H19N5S/c15-12-17-13(16)19(10-5-4-6-11(20)9-10)14(18-12)7-2-1-3-8-14/h4-6,9,20H,1-3,7-8H2,(H4,15,16,17,18). The monoisotopic (exact) mass is 289 g/mol. The second kappa shape index (κ2) is 5.01. The topological polar surface area (TPSA) is 80.0 Å². The van der Waals surface area contributed by atoms with E-state index in [9.17, 15) is 0 Å². The van der Waals surface area contributed by atoms with Crippen molar-refractivity contribution in [1.82, 2.24) is 0 Å². The van der Waals surface area contributed by atoms with E-state index in [1.54, 1.807) is 0 Å². The summed E-state index contributed by atoms with van der Waals surface area (Å²) in [5.74, 6) is 0.695. The third kappa shape index (κ3) is 2.24. The molecule has 0 atom stereocenters. The van der Waals surface area contributed by atoms with Gasteiger partial charge in [0.2, 0.25) is 11.9 Å². The lowest BCUT2D eigenvalue weighted by Crippen LogP contribution is -2.58. The number of nitrogens with two attached hydrogens (primary N) is 2. The van der Waals surface area contributed by atoms with Gasteiger partial charge in [0.25, 0.3) is 0 Å². The van der Waals surface area contributed by atoms with Crippen molar-refractivity contribution in [2.45, 2.75) is 42.7 Å². The second-order valence-corrected chi connectivity index (χ2v) is 5.85. The normalized spacial score (nSPS) is 21.6. The zero-order chi connectivity index (χ0) is 14.2. The van der Waals surface area contributed by atoms with Crippen LogP contribution in [0, 0.1) is 0 Å². The number of benzene rings is 1. The number of guanidine groups is 2. The van der Waals surface area contributed by atoms with Gasteiger partial charge in [-0.3, -0.25) is 4.90 Å². The molecule has 1 spiro atoms. The Balaban J connectivity index is 2.08. The average Bonchev–Trinajstić information content (AvgIpc) is 2.38. The molecule has 0 bridgehead atoms. The quantitative estimate of drug-likeness (QED) is 0.692. The van der Waals surface area contributed by atoms with Crippen LogP contribution in [-0.4, -0.2) is 17.6 Å². The maximum absolute atomic E-state index is 6.15. The third-order valence-corrected chi connectivity index (χ3v) is 4.22. The van der Waals surface area contributed by atoms with Gasteiger partial charge in [0.15, 0.2) is 0 Å². The molecule has 4 N–H and O–H groups in total. The van der Waals surface area contributed by atoms with Crippen LogP contribution in [0.5, 0.6) is 0 Å². The summed E-state index contributed by atoms with van der Waals surface area (Å²) in [6.45, 7) is 0. The van der Waals surface area contributed by atoms with E-state index in [2.05, 4.69) is 22.6 Å². The molecule has 0 amide bonds. The highest BCUT2D eigenvalue weighted by Crippen LogP contribution is 2.39. The second-order valence-electron chi connectivity index (χ2n) is 5.34. The van der Waals surface area contributed by atoms with Gasteiger partial charge < -0.3 is 11.5 Å². The largest absolute Gasteiger partial charge is 0.369 e. The van der Waals surface area contributed by atoms with Gasteiger partial charge in [-0.25, -0.2) is 4.99 Å². The number of rotatable bonds is 1. The first kappa shape index (κ1) is 13.3. The first-order chi connectivity index (χ1) is 9.61. The van der Waals surface area contributed by atoms with E-state index in [4.69, 9.17) is 11.5 Å². The van der Waals surface area contributed by atoms with Crippen LogP contribution in [0.2, 0.25) is 0 Å². The van der Waals surface area contributed by atoms with Crippen molar-refractivity contribution < 1.29 is 0 Å². The molecule has 1 aromatic rings. The van der Waals surface area contributed by atoms with Crippen molar-refractivity contribution in [3.63, 3.8) is 0 Å². The zero-order valence-corrected chi connectivity index (χ0v) is 12.2. The molecule has 0 saturated heterocycles. The average molecular weight is 289 g/mol. The summed E-state index contributed by atoms with van der Waals surface area (Å²) in [5, 5.41) is 0. The van der Waals surface area contributed by atoms with Crippen LogP contribution in [0.4, 0.5) is 5.69 Å². The zero-order valence-electron chi connectivity index (χ0n) is 11.3. The Labute approximate surface area is 124 Å². The molecular weight excluding hydrogens is 270 g/mol. The molecular formula is C14H19N5S. The van der Waals surface area contributed by atoms with Crippen molar-refractivity contribution in [2.24, 2.45) is 21.5 Å². The summed E-state index contributed by atoms with van der Waals surface area (Å²) in [6, 6.07) is 7.90. The van der Waals surface area contributed by atoms with E-state index < -0.39 is 0 Å². The van der Waals surface area contributed by atoms with Crippen LogP contribution in [0.25, 0.3) is 0 Å². The maximum atomic E-state index is 6.15. The van der Waals surface area contributed by atoms with Gasteiger partial charge in [-0.1, -0.05) is 12.5 Å². The van der Waals surface area contributed by atoms with E-state index in [-0.39, 0.29) is 11.6 Å². The number of hydrogen-bond acceptors (Lipinski definition) is 6. The Bertz CT molecular complexity index is 575. The van der Waals surface area contributed by atoms with Crippen molar-refractivity contribution in [3.8, 4) is 0 Å². The fourth-order valence-corrected chi connectivity index (χ4v) is 3.35. The first-order valence-corrected chi connectivity index (χ1v) is 7.34. The molecule has 1 fully saturated rings. The van der Waals surface area contributed by atoms with Crippen molar-refractivity contribution >= 4 is 30.2 Å². The lowest BCUT2D eigenvalue weighted by Gasteiger charge is -2.45. The minimum absolute atomic E-state index is 0.280. The maximum Gasteiger partial charge on any atom is 0.220 e. The molecule has 0 aromatic heterocycles. The van der Waals surface area contributed by atoms with Gasteiger partial charge in [-0.05, 0) is 43.9 Å². The lowest BCUT2D eigenvalue weighted by molar-refractivity contribution is 0.305. The Morgan fingerprint density at radius 2 is 1.90 bits per heavy atom. The predicted molar refractivity (Wildman–Crippen MR) is 85.2 cm³/mol. The highest BCUT2D eigenvalue weighted by molar-refractivity contribution is 7.80. The van der Waals surface area contributed by atoms with Gasteiger partial charge in [-0.2, -0.15) is 4.99 Å². The van der Waals surface area contributed by atoms with Crippen LogP contribution in [-0.2, 0) is 0 Å². The fourth-order valence-electron chi connectivity index (χ4n) is 3.13. The van der Waals surface area contributed by atoms with Crippen LogP contribution in [0.3, 0.4) is 0 Å². The van der Waals surface area contributed by atoms with Crippen molar-refractivity contribution in [2.75, 3.05) is 4.90 Å². The molecule has 0 radical (unpaired) electrons. The Morgan fingerprint density at radius 1 is 1.15 bits per heavy atom. The molecule has 1 heterocycles. The molecule has 0 unspecified atom stereocenters. The minimum atomic E-state index is -0.379. The number of hydrogen-bond donors (Lipinski definition) is 3. The molecule has 5 nitrogen and oxygen atoms in total. The Hall–Kier alpha value is -1.69.